The average molecular weight is 141 g/mol. The highest BCUT2D eigenvalue weighted by Gasteiger charge is 2.15. The van der Waals surface area contributed by atoms with Crippen molar-refractivity contribution in [1.82, 2.24) is 5.32 Å². The Morgan fingerprint density at radius 1 is 1.70 bits per heavy atom. The summed E-state index contributed by atoms with van der Waals surface area (Å²) in [4.78, 5) is 10.4. The van der Waals surface area contributed by atoms with Crippen molar-refractivity contribution < 1.29 is 9.90 Å². The lowest BCUT2D eigenvalue weighted by Crippen LogP contribution is -2.16. The van der Waals surface area contributed by atoms with Crippen LogP contribution in [0.1, 0.15) is 12.8 Å². The normalized spacial score (nSPS) is 25.0. The summed E-state index contributed by atoms with van der Waals surface area (Å²) in [7, 11) is 0. The number of rotatable bonds is 1. The minimum Gasteiger partial charge on any atom is -0.481 e. The fourth-order valence-corrected chi connectivity index (χ4v) is 0.999. The molecule has 0 aliphatic carbocycles. The summed E-state index contributed by atoms with van der Waals surface area (Å²) in [6, 6.07) is 0. The van der Waals surface area contributed by atoms with Crippen molar-refractivity contribution in [3.63, 3.8) is 0 Å². The number of hydrogen-bond acceptors (Lipinski definition) is 2. The predicted molar refractivity (Wildman–Crippen MR) is 37.5 cm³/mol. The highest BCUT2D eigenvalue weighted by atomic mass is 16.4. The third-order valence-corrected chi connectivity index (χ3v) is 1.64. The van der Waals surface area contributed by atoms with E-state index in [0.29, 0.717) is 6.42 Å². The molecule has 2 N–H and O–H groups in total. The van der Waals surface area contributed by atoms with Gasteiger partial charge >= 0.3 is 5.97 Å². The summed E-state index contributed by atoms with van der Waals surface area (Å²) in [5.41, 5.74) is 0. The summed E-state index contributed by atoms with van der Waals surface area (Å²) >= 11 is 0. The van der Waals surface area contributed by atoms with E-state index < -0.39 is 5.97 Å². The lowest BCUT2D eigenvalue weighted by atomic mass is 10.0. The number of carboxylic acid groups (broad SMARTS) is 1. The third kappa shape index (κ3) is 1.76. The SMILES string of the molecule is O=C(O)C1CC=CNCC1. The van der Waals surface area contributed by atoms with Crippen molar-refractivity contribution in [3.8, 4) is 0 Å². The van der Waals surface area contributed by atoms with E-state index in [4.69, 9.17) is 5.11 Å². The Morgan fingerprint density at radius 2 is 2.50 bits per heavy atom. The molecule has 56 valence electrons. The molecule has 1 heterocycles. The molecule has 10 heavy (non-hydrogen) atoms. The van der Waals surface area contributed by atoms with Crippen LogP contribution in [0.25, 0.3) is 0 Å². The molecule has 0 saturated heterocycles. The van der Waals surface area contributed by atoms with Crippen LogP contribution in [0, 0.1) is 5.92 Å². The van der Waals surface area contributed by atoms with Gasteiger partial charge in [-0.25, -0.2) is 0 Å². The van der Waals surface area contributed by atoms with Crippen LogP contribution in [0.15, 0.2) is 12.3 Å². The van der Waals surface area contributed by atoms with Crippen LogP contribution >= 0.6 is 0 Å². The quantitative estimate of drug-likeness (QED) is 0.561. The Morgan fingerprint density at radius 3 is 3.20 bits per heavy atom. The van der Waals surface area contributed by atoms with Crippen molar-refractivity contribution in [1.29, 1.82) is 0 Å². The van der Waals surface area contributed by atoms with Crippen LogP contribution in [0.2, 0.25) is 0 Å². The van der Waals surface area contributed by atoms with E-state index >= 15 is 0 Å². The standard InChI is InChI=1S/C7H11NO2/c9-7(10)6-2-1-4-8-5-3-6/h1,4,6,8H,2-3,5H2,(H,9,10). The van der Waals surface area contributed by atoms with Crippen molar-refractivity contribution in [2.24, 2.45) is 5.92 Å². The molecule has 0 spiro atoms. The molecule has 1 atom stereocenters. The van der Waals surface area contributed by atoms with Crippen LogP contribution in [0.5, 0.6) is 0 Å². The second kappa shape index (κ2) is 3.25. The first-order chi connectivity index (χ1) is 4.80. The number of carboxylic acids is 1. The van der Waals surface area contributed by atoms with Gasteiger partial charge in [-0.3, -0.25) is 4.79 Å². The van der Waals surface area contributed by atoms with Crippen molar-refractivity contribution in [2.45, 2.75) is 12.8 Å². The minimum atomic E-state index is -0.687. The molecule has 3 nitrogen and oxygen atoms in total. The molecule has 0 aromatic carbocycles. The summed E-state index contributed by atoms with van der Waals surface area (Å²) in [5, 5.41) is 11.6. The van der Waals surface area contributed by atoms with Gasteiger partial charge in [-0.05, 0) is 19.0 Å². The topological polar surface area (TPSA) is 49.3 Å². The van der Waals surface area contributed by atoms with Gasteiger partial charge in [0.05, 0.1) is 5.92 Å². The summed E-state index contributed by atoms with van der Waals surface area (Å²) < 4.78 is 0. The summed E-state index contributed by atoms with van der Waals surface area (Å²) in [6.07, 6.45) is 5.07. The maximum atomic E-state index is 10.4. The van der Waals surface area contributed by atoms with Gasteiger partial charge in [0.25, 0.3) is 0 Å². The Labute approximate surface area is 59.7 Å². The molecule has 1 aliphatic heterocycles. The molecule has 1 aliphatic rings. The Kier molecular flexibility index (Phi) is 2.31. The highest BCUT2D eigenvalue weighted by Crippen LogP contribution is 2.10. The molecule has 1 unspecified atom stereocenters. The minimum absolute atomic E-state index is 0.189. The lowest BCUT2D eigenvalue weighted by Gasteiger charge is -2.05. The first-order valence-corrected chi connectivity index (χ1v) is 3.42. The van der Waals surface area contributed by atoms with Gasteiger partial charge in [0, 0.05) is 6.54 Å². The summed E-state index contributed by atoms with van der Waals surface area (Å²) in [5.74, 6) is -0.875. The van der Waals surface area contributed by atoms with Gasteiger partial charge in [-0.2, -0.15) is 0 Å². The molecule has 0 radical (unpaired) electrons. The molecular weight excluding hydrogens is 130 g/mol. The molecule has 0 bridgehead atoms. The van der Waals surface area contributed by atoms with E-state index in [1.54, 1.807) is 0 Å². The molecule has 3 heteroatoms. The zero-order valence-electron chi connectivity index (χ0n) is 5.71. The number of aliphatic carboxylic acids is 1. The van der Waals surface area contributed by atoms with Gasteiger partial charge in [-0.15, -0.1) is 0 Å². The molecular formula is C7H11NO2. The van der Waals surface area contributed by atoms with E-state index in [2.05, 4.69) is 5.32 Å². The van der Waals surface area contributed by atoms with E-state index in [1.165, 1.54) is 0 Å². The Balaban J connectivity index is 2.45. The van der Waals surface area contributed by atoms with Crippen LogP contribution in [-0.4, -0.2) is 17.6 Å². The first-order valence-electron chi connectivity index (χ1n) is 3.42. The monoisotopic (exact) mass is 141 g/mol. The van der Waals surface area contributed by atoms with Gasteiger partial charge in [0.2, 0.25) is 0 Å². The molecule has 0 amide bonds. The number of carbonyl (C=O) groups is 1. The van der Waals surface area contributed by atoms with Gasteiger partial charge in [-0.1, -0.05) is 6.08 Å². The average Bonchev–Trinajstić information content (AvgIpc) is 2.12. The van der Waals surface area contributed by atoms with E-state index in [9.17, 15) is 4.79 Å². The van der Waals surface area contributed by atoms with E-state index in [-0.39, 0.29) is 5.92 Å². The number of allylic oxidation sites excluding steroid dienone is 1. The number of nitrogens with one attached hydrogen (secondary N) is 1. The predicted octanol–water partition coefficient (Wildman–Crippen LogP) is 0.584. The third-order valence-electron chi connectivity index (χ3n) is 1.64. The maximum absolute atomic E-state index is 10.4. The molecule has 0 aromatic heterocycles. The second-order valence-corrected chi connectivity index (χ2v) is 2.42. The molecule has 0 saturated carbocycles. The largest absolute Gasteiger partial charge is 0.481 e. The van der Waals surface area contributed by atoms with Gasteiger partial charge < -0.3 is 10.4 Å². The molecule has 0 aromatic rings. The molecule has 0 fully saturated rings. The van der Waals surface area contributed by atoms with Crippen molar-refractivity contribution in [2.75, 3.05) is 6.54 Å². The van der Waals surface area contributed by atoms with Gasteiger partial charge in [0.15, 0.2) is 0 Å². The summed E-state index contributed by atoms with van der Waals surface area (Å²) in [6.45, 7) is 0.771. The Bertz CT molecular complexity index is 154. The van der Waals surface area contributed by atoms with E-state index in [1.807, 2.05) is 12.3 Å². The van der Waals surface area contributed by atoms with Gasteiger partial charge in [0.1, 0.15) is 0 Å². The second-order valence-electron chi connectivity index (χ2n) is 2.42. The zero-order valence-corrected chi connectivity index (χ0v) is 5.71. The van der Waals surface area contributed by atoms with Crippen LogP contribution in [0.3, 0.4) is 0 Å². The maximum Gasteiger partial charge on any atom is 0.306 e. The first kappa shape index (κ1) is 7.12. The van der Waals surface area contributed by atoms with Crippen molar-refractivity contribution >= 4 is 5.97 Å². The highest BCUT2D eigenvalue weighted by molar-refractivity contribution is 5.70. The lowest BCUT2D eigenvalue weighted by molar-refractivity contribution is -0.141. The van der Waals surface area contributed by atoms with Crippen LogP contribution in [-0.2, 0) is 4.79 Å². The number of hydrogen-bond donors (Lipinski definition) is 2. The fourth-order valence-electron chi connectivity index (χ4n) is 0.999. The Hall–Kier alpha value is -0.990. The fraction of sp³-hybridized carbons (Fsp3) is 0.571. The van der Waals surface area contributed by atoms with Crippen LogP contribution < -0.4 is 5.32 Å². The smallest absolute Gasteiger partial charge is 0.306 e. The zero-order chi connectivity index (χ0) is 7.40. The van der Waals surface area contributed by atoms with Crippen molar-refractivity contribution in [3.05, 3.63) is 12.3 Å². The van der Waals surface area contributed by atoms with Crippen LogP contribution in [0.4, 0.5) is 0 Å². The van der Waals surface area contributed by atoms with E-state index in [0.717, 1.165) is 13.0 Å². The molecule has 1 rings (SSSR count).